The van der Waals surface area contributed by atoms with Gasteiger partial charge in [-0.3, -0.25) is 0 Å². The minimum atomic E-state index is 0.143. The van der Waals surface area contributed by atoms with Gasteiger partial charge in [-0.1, -0.05) is 6.08 Å². The van der Waals surface area contributed by atoms with Crippen LogP contribution in [0, 0.1) is 0 Å². The monoisotopic (exact) mass is 142 g/mol. The molecule has 1 N–H and O–H groups in total. The molecule has 0 amide bonds. The Kier molecular flexibility index (Phi) is 2.90. The molecule has 0 aromatic carbocycles. The Morgan fingerprint density at radius 2 is 2.30 bits per heavy atom. The molecule has 1 aliphatic rings. The number of hydrogen-bond donors (Lipinski definition) is 1. The van der Waals surface area contributed by atoms with Crippen LogP contribution in [0.2, 0.25) is 0 Å². The maximum atomic E-state index is 8.59. The minimum absolute atomic E-state index is 0.143. The van der Waals surface area contributed by atoms with E-state index in [9.17, 15) is 0 Å². The van der Waals surface area contributed by atoms with Gasteiger partial charge in [0.05, 0.1) is 12.7 Å². The molecule has 0 aromatic heterocycles. The van der Waals surface area contributed by atoms with Gasteiger partial charge in [-0.05, 0) is 19.3 Å². The third-order valence-corrected chi connectivity index (χ3v) is 1.76. The fraction of sp³-hybridized carbons (Fsp3) is 0.750. The van der Waals surface area contributed by atoms with E-state index in [0.29, 0.717) is 6.10 Å². The lowest BCUT2D eigenvalue weighted by molar-refractivity contribution is 0.241. The maximum Gasteiger partial charge on any atom is 0.107 e. The summed E-state index contributed by atoms with van der Waals surface area (Å²) in [5.74, 6) is 0. The summed E-state index contributed by atoms with van der Waals surface area (Å²) in [5, 5.41) is 8.59. The quantitative estimate of drug-likeness (QED) is 0.354. The fourth-order valence-electron chi connectivity index (χ4n) is 1.06. The van der Waals surface area contributed by atoms with Crippen LogP contribution in [-0.4, -0.2) is 23.9 Å². The summed E-state index contributed by atoms with van der Waals surface area (Å²) in [5.41, 5.74) is 0. The Morgan fingerprint density at radius 1 is 1.50 bits per heavy atom. The molecule has 0 aromatic rings. The number of unbranched alkanes of at least 4 members (excludes halogenated alkanes) is 1. The van der Waals surface area contributed by atoms with E-state index < -0.39 is 0 Å². The van der Waals surface area contributed by atoms with E-state index in [1.807, 2.05) is 6.08 Å². The average molecular weight is 142 g/mol. The van der Waals surface area contributed by atoms with Crippen LogP contribution in [0.3, 0.4) is 0 Å². The van der Waals surface area contributed by atoms with E-state index in [0.717, 1.165) is 19.3 Å². The van der Waals surface area contributed by atoms with Crippen molar-refractivity contribution in [3.8, 4) is 0 Å². The molecule has 0 bridgehead atoms. The zero-order chi connectivity index (χ0) is 7.40. The van der Waals surface area contributed by atoms with Gasteiger partial charge in [-0.25, -0.2) is 0 Å². The predicted molar refractivity (Wildman–Crippen MR) is 39.8 cm³/mol. The van der Waals surface area contributed by atoms with Crippen molar-refractivity contribution in [1.82, 2.24) is 0 Å². The van der Waals surface area contributed by atoms with E-state index in [4.69, 9.17) is 9.84 Å². The number of ether oxygens (including phenoxy) is 1. The summed E-state index contributed by atoms with van der Waals surface area (Å²) in [4.78, 5) is 0. The molecule has 2 nitrogen and oxygen atoms in total. The summed E-state index contributed by atoms with van der Waals surface area (Å²) in [7, 11) is 0. The highest BCUT2D eigenvalue weighted by Crippen LogP contribution is 2.26. The zero-order valence-corrected chi connectivity index (χ0v) is 6.12. The number of rotatable bonds is 5. The Bertz CT molecular complexity index is 112. The molecule has 0 aliphatic carbocycles. The lowest BCUT2D eigenvalue weighted by Gasteiger charge is -1.90. The smallest absolute Gasteiger partial charge is 0.107 e. The lowest BCUT2D eigenvalue weighted by Crippen LogP contribution is -1.98. The van der Waals surface area contributed by atoms with Crippen LogP contribution in [0.25, 0.3) is 0 Å². The molecule has 1 rings (SSSR count). The van der Waals surface area contributed by atoms with E-state index in [-0.39, 0.29) is 12.7 Å². The highest BCUT2D eigenvalue weighted by Gasteiger charge is 2.36. The third-order valence-electron chi connectivity index (χ3n) is 1.76. The van der Waals surface area contributed by atoms with Gasteiger partial charge in [-0.2, -0.15) is 0 Å². The van der Waals surface area contributed by atoms with Gasteiger partial charge in [0, 0.05) is 0 Å². The summed E-state index contributed by atoms with van der Waals surface area (Å²) in [6, 6.07) is 0. The molecule has 10 heavy (non-hydrogen) atoms. The van der Waals surface area contributed by atoms with Gasteiger partial charge in [-0.15, -0.1) is 6.58 Å². The van der Waals surface area contributed by atoms with Crippen molar-refractivity contribution < 1.29 is 9.84 Å². The molecule has 0 saturated carbocycles. The molecule has 1 heterocycles. The SMILES string of the molecule is C=CCCC[C@@H]1O[C@H]1CO. The van der Waals surface area contributed by atoms with Gasteiger partial charge in [0.15, 0.2) is 0 Å². The topological polar surface area (TPSA) is 32.8 Å². The van der Waals surface area contributed by atoms with Crippen molar-refractivity contribution in [3.63, 3.8) is 0 Å². The predicted octanol–water partition coefficient (Wildman–Crippen LogP) is 1.10. The Balaban J connectivity index is 1.91. The molecule has 1 aliphatic heterocycles. The van der Waals surface area contributed by atoms with E-state index in [1.165, 1.54) is 0 Å². The number of hydrogen-bond acceptors (Lipinski definition) is 2. The van der Waals surface area contributed by atoms with Gasteiger partial charge in [0.25, 0.3) is 0 Å². The van der Waals surface area contributed by atoms with Crippen molar-refractivity contribution >= 4 is 0 Å². The van der Waals surface area contributed by atoms with Gasteiger partial charge in [0.2, 0.25) is 0 Å². The van der Waals surface area contributed by atoms with Gasteiger partial charge >= 0.3 is 0 Å². The van der Waals surface area contributed by atoms with Crippen LogP contribution in [-0.2, 0) is 4.74 Å². The van der Waals surface area contributed by atoms with E-state index >= 15 is 0 Å². The summed E-state index contributed by atoms with van der Waals surface area (Å²) in [6.45, 7) is 3.81. The molecule has 2 heteroatoms. The largest absolute Gasteiger partial charge is 0.394 e. The zero-order valence-electron chi connectivity index (χ0n) is 6.12. The molecular weight excluding hydrogens is 128 g/mol. The van der Waals surface area contributed by atoms with Crippen LogP contribution in [0.15, 0.2) is 12.7 Å². The number of aliphatic hydroxyl groups excluding tert-OH is 1. The van der Waals surface area contributed by atoms with Gasteiger partial charge < -0.3 is 9.84 Å². The standard InChI is InChI=1S/C8H14O2/c1-2-3-4-5-7-8(6-9)10-7/h2,7-9H,1,3-6H2/t7-,8-/m0/s1. The fourth-order valence-corrected chi connectivity index (χ4v) is 1.06. The first-order valence-electron chi connectivity index (χ1n) is 3.75. The van der Waals surface area contributed by atoms with Crippen LogP contribution in [0.1, 0.15) is 19.3 Å². The highest BCUT2D eigenvalue weighted by atomic mass is 16.6. The van der Waals surface area contributed by atoms with Crippen molar-refractivity contribution in [2.75, 3.05) is 6.61 Å². The molecule has 0 spiro atoms. The molecule has 58 valence electrons. The highest BCUT2D eigenvalue weighted by molar-refractivity contribution is 4.84. The molecule has 1 fully saturated rings. The summed E-state index contributed by atoms with van der Waals surface area (Å²) < 4.78 is 5.13. The van der Waals surface area contributed by atoms with Crippen molar-refractivity contribution in [1.29, 1.82) is 0 Å². The van der Waals surface area contributed by atoms with E-state index in [1.54, 1.807) is 0 Å². The summed E-state index contributed by atoms with van der Waals surface area (Å²) >= 11 is 0. The second-order valence-electron chi connectivity index (χ2n) is 2.62. The first-order valence-corrected chi connectivity index (χ1v) is 3.75. The molecule has 0 unspecified atom stereocenters. The van der Waals surface area contributed by atoms with Crippen LogP contribution in [0.4, 0.5) is 0 Å². The Morgan fingerprint density at radius 3 is 2.80 bits per heavy atom. The Hall–Kier alpha value is -0.340. The maximum absolute atomic E-state index is 8.59. The van der Waals surface area contributed by atoms with Crippen molar-refractivity contribution in [3.05, 3.63) is 12.7 Å². The molecule has 0 radical (unpaired) electrons. The number of allylic oxidation sites excluding steroid dienone is 1. The van der Waals surface area contributed by atoms with Gasteiger partial charge in [0.1, 0.15) is 6.10 Å². The third kappa shape index (κ3) is 2.12. The summed E-state index contributed by atoms with van der Waals surface area (Å²) in [6.07, 6.45) is 5.64. The number of epoxide rings is 1. The first kappa shape index (κ1) is 7.76. The normalized spacial score (nSPS) is 30.1. The van der Waals surface area contributed by atoms with Crippen LogP contribution >= 0.6 is 0 Å². The number of aliphatic hydroxyl groups is 1. The Labute approximate surface area is 61.5 Å². The van der Waals surface area contributed by atoms with Crippen LogP contribution in [0.5, 0.6) is 0 Å². The molecular formula is C8H14O2. The van der Waals surface area contributed by atoms with Crippen LogP contribution < -0.4 is 0 Å². The van der Waals surface area contributed by atoms with E-state index in [2.05, 4.69) is 6.58 Å². The second-order valence-corrected chi connectivity index (χ2v) is 2.62. The van der Waals surface area contributed by atoms with Crippen molar-refractivity contribution in [2.45, 2.75) is 31.5 Å². The minimum Gasteiger partial charge on any atom is -0.394 e. The average Bonchev–Trinajstić information content (AvgIpc) is 2.68. The van der Waals surface area contributed by atoms with Crippen molar-refractivity contribution in [2.24, 2.45) is 0 Å². The molecule has 2 atom stereocenters. The first-order chi connectivity index (χ1) is 4.88. The lowest BCUT2D eigenvalue weighted by atomic mass is 10.1. The molecule has 1 saturated heterocycles. The second kappa shape index (κ2) is 3.74.